The maximum atomic E-state index is 11.2. The Bertz CT molecular complexity index is 970. The smallest absolute Gasteiger partial charge is 0.221 e. The van der Waals surface area contributed by atoms with Gasteiger partial charge in [0.2, 0.25) is 5.91 Å². The number of fused-ring (bicyclic) bond motifs is 2. The van der Waals surface area contributed by atoms with E-state index in [9.17, 15) is 4.79 Å². The van der Waals surface area contributed by atoms with Crippen LogP contribution in [0.1, 0.15) is 23.9 Å². The van der Waals surface area contributed by atoms with E-state index in [0.29, 0.717) is 13.2 Å². The number of aromatic nitrogens is 4. The molecule has 1 aliphatic heterocycles. The van der Waals surface area contributed by atoms with Gasteiger partial charge in [0.05, 0.1) is 23.6 Å². The molecule has 0 saturated heterocycles. The number of ether oxygens (including phenoxy) is 1. The third-order valence-electron chi connectivity index (χ3n) is 4.24. The van der Waals surface area contributed by atoms with E-state index in [1.165, 1.54) is 6.92 Å². The Balaban J connectivity index is 1.66. The highest BCUT2D eigenvalue weighted by Crippen LogP contribution is 2.30. The van der Waals surface area contributed by atoms with E-state index >= 15 is 0 Å². The van der Waals surface area contributed by atoms with Crippen molar-refractivity contribution in [2.24, 2.45) is 7.05 Å². The van der Waals surface area contributed by atoms with Crippen molar-refractivity contribution in [1.82, 2.24) is 19.6 Å². The summed E-state index contributed by atoms with van der Waals surface area (Å²) < 4.78 is 9.71. The van der Waals surface area contributed by atoms with Crippen molar-refractivity contribution in [1.29, 1.82) is 0 Å². The van der Waals surface area contributed by atoms with Crippen LogP contribution in [0.15, 0.2) is 30.5 Å². The van der Waals surface area contributed by atoms with Gasteiger partial charge in [-0.2, -0.15) is 10.2 Å². The molecule has 0 fully saturated rings. The zero-order valence-electron chi connectivity index (χ0n) is 14.4. The molecule has 1 amide bonds. The van der Waals surface area contributed by atoms with Crippen LogP contribution >= 0.6 is 0 Å². The molecule has 0 radical (unpaired) electrons. The fourth-order valence-electron chi connectivity index (χ4n) is 3.10. The van der Waals surface area contributed by atoms with Gasteiger partial charge in [-0.3, -0.25) is 14.2 Å². The molecule has 1 aliphatic rings. The average molecular weight is 337 g/mol. The summed E-state index contributed by atoms with van der Waals surface area (Å²) in [5, 5.41) is 11.9. The summed E-state index contributed by atoms with van der Waals surface area (Å²) in [6.07, 6.45) is 1.98. The van der Waals surface area contributed by atoms with Crippen LogP contribution < -0.4 is 10.1 Å². The molecule has 25 heavy (non-hydrogen) atoms. The minimum atomic E-state index is -0.0991. The SMILES string of the molecule is CC(=O)Nc1ccc2c(c1)OCc1cc(-c3cn(C)nc3C)nn1C2. The Morgan fingerprint density at radius 2 is 2.12 bits per heavy atom. The number of nitrogens with zero attached hydrogens (tertiary/aromatic N) is 4. The lowest BCUT2D eigenvalue weighted by molar-refractivity contribution is -0.114. The van der Waals surface area contributed by atoms with Crippen molar-refractivity contribution in [3.05, 3.63) is 47.4 Å². The number of nitrogens with one attached hydrogen (secondary N) is 1. The molecule has 1 aromatic carbocycles. The van der Waals surface area contributed by atoms with Crippen molar-refractivity contribution in [2.75, 3.05) is 5.32 Å². The Kier molecular flexibility index (Phi) is 3.56. The largest absolute Gasteiger partial charge is 0.487 e. The number of aryl methyl sites for hydroxylation is 2. The lowest BCUT2D eigenvalue weighted by Crippen LogP contribution is -2.06. The first kappa shape index (κ1) is 15.4. The maximum absolute atomic E-state index is 11.2. The molecule has 3 aromatic rings. The zero-order valence-corrected chi connectivity index (χ0v) is 14.4. The first-order valence-electron chi connectivity index (χ1n) is 8.10. The van der Waals surface area contributed by atoms with Crippen molar-refractivity contribution < 1.29 is 9.53 Å². The van der Waals surface area contributed by atoms with E-state index < -0.39 is 0 Å². The number of hydrogen-bond donors (Lipinski definition) is 1. The van der Waals surface area contributed by atoms with Gasteiger partial charge in [0, 0.05) is 43.0 Å². The third kappa shape index (κ3) is 2.88. The predicted octanol–water partition coefficient (Wildman–Crippen LogP) is 2.49. The fraction of sp³-hybridized carbons (Fsp3) is 0.278. The van der Waals surface area contributed by atoms with Crippen LogP contribution in [0.5, 0.6) is 5.75 Å². The van der Waals surface area contributed by atoms with Crippen molar-refractivity contribution in [3.8, 4) is 17.0 Å². The summed E-state index contributed by atoms with van der Waals surface area (Å²) in [6, 6.07) is 7.75. The first-order chi connectivity index (χ1) is 12.0. The Hall–Kier alpha value is -3.09. The summed E-state index contributed by atoms with van der Waals surface area (Å²) in [4.78, 5) is 11.2. The standard InChI is InChI=1S/C18H19N5O2/c1-11-16(9-22(3)20-11)17-7-15-10-25-18-6-14(19-12(2)24)5-4-13(18)8-23(15)21-17/h4-7,9H,8,10H2,1-3H3,(H,19,24). The van der Waals surface area contributed by atoms with Gasteiger partial charge in [-0.1, -0.05) is 6.07 Å². The summed E-state index contributed by atoms with van der Waals surface area (Å²) in [5.41, 5.74) is 5.67. The van der Waals surface area contributed by atoms with Crippen LogP contribution in [-0.2, 0) is 25.0 Å². The summed E-state index contributed by atoms with van der Waals surface area (Å²) in [5.74, 6) is 0.675. The lowest BCUT2D eigenvalue weighted by Gasteiger charge is -2.09. The molecule has 7 heteroatoms. The topological polar surface area (TPSA) is 74.0 Å². The second-order valence-corrected chi connectivity index (χ2v) is 6.27. The Labute approximate surface area is 145 Å². The molecule has 7 nitrogen and oxygen atoms in total. The monoisotopic (exact) mass is 337 g/mol. The van der Waals surface area contributed by atoms with E-state index in [1.54, 1.807) is 4.68 Å². The number of hydrogen-bond acceptors (Lipinski definition) is 4. The third-order valence-corrected chi connectivity index (χ3v) is 4.24. The van der Waals surface area contributed by atoms with E-state index in [2.05, 4.69) is 10.4 Å². The number of amides is 1. The normalized spacial score (nSPS) is 12.8. The highest BCUT2D eigenvalue weighted by atomic mass is 16.5. The fourth-order valence-corrected chi connectivity index (χ4v) is 3.10. The Morgan fingerprint density at radius 3 is 2.84 bits per heavy atom. The minimum Gasteiger partial charge on any atom is -0.487 e. The summed E-state index contributed by atoms with van der Waals surface area (Å²) in [6.45, 7) is 4.53. The molecule has 0 atom stereocenters. The predicted molar refractivity (Wildman–Crippen MR) is 93.3 cm³/mol. The molecule has 0 bridgehead atoms. The van der Waals surface area contributed by atoms with Crippen molar-refractivity contribution in [2.45, 2.75) is 27.0 Å². The second kappa shape index (κ2) is 5.77. The number of carbonyl (C=O) groups excluding carboxylic acids is 1. The number of benzene rings is 1. The van der Waals surface area contributed by atoms with E-state index in [-0.39, 0.29) is 5.91 Å². The molecule has 0 unspecified atom stereocenters. The Morgan fingerprint density at radius 1 is 1.28 bits per heavy atom. The molecule has 2 aromatic heterocycles. The van der Waals surface area contributed by atoms with Gasteiger partial charge in [-0.15, -0.1) is 0 Å². The van der Waals surface area contributed by atoms with E-state index in [4.69, 9.17) is 9.84 Å². The van der Waals surface area contributed by atoms with Crippen LogP contribution in [0.4, 0.5) is 5.69 Å². The van der Waals surface area contributed by atoms with Gasteiger partial charge in [-0.25, -0.2) is 0 Å². The molecular formula is C18H19N5O2. The van der Waals surface area contributed by atoms with Crippen LogP contribution in [0, 0.1) is 6.92 Å². The van der Waals surface area contributed by atoms with Gasteiger partial charge < -0.3 is 10.1 Å². The molecule has 0 spiro atoms. The first-order valence-corrected chi connectivity index (χ1v) is 8.10. The molecular weight excluding hydrogens is 318 g/mol. The quantitative estimate of drug-likeness (QED) is 0.780. The van der Waals surface area contributed by atoms with E-state index in [1.807, 2.05) is 49.1 Å². The van der Waals surface area contributed by atoms with Crippen molar-refractivity contribution >= 4 is 11.6 Å². The zero-order chi connectivity index (χ0) is 17.6. The van der Waals surface area contributed by atoms with Crippen LogP contribution in [-0.4, -0.2) is 25.5 Å². The number of carbonyl (C=O) groups is 1. The van der Waals surface area contributed by atoms with E-state index in [0.717, 1.165) is 39.6 Å². The van der Waals surface area contributed by atoms with Crippen LogP contribution in [0.3, 0.4) is 0 Å². The van der Waals surface area contributed by atoms with Gasteiger partial charge in [-0.05, 0) is 19.1 Å². The molecule has 3 heterocycles. The van der Waals surface area contributed by atoms with Crippen LogP contribution in [0.2, 0.25) is 0 Å². The number of anilines is 1. The lowest BCUT2D eigenvalue weighted by atomic mass is 10.2. The highest BCUT2D eigenvalue weighted by Gasteiger charge is 2.19. The molecule has 0 aliphatic carbocycles. The highest BCUT2D eigenvalue weighted by molar-refractivity contribution is 5.88. The van der Waals surface area contributed by atoms with Gasteiger partial charge in [0.15, 0.2) is 0 Å². The van der Waals surface area contributed by atoms with Gasteiger partial charge >= 0.3 is 0 Å². The van der Waals surface area contributed by atoms with Gasteiger partial charge in [0.25, 0.3) is 0 Å². The second-order valence-electron chi connectivity index (χ2n) is 6.27. The summed E-state index contributed by atoms with van der Waals surface area (Å²) in [7, 11) is 1.91. The van der Waals surface area contributed by atoms with Crippen molar-refractivity contribution in [3.63, 3.8) is 0 Å². The molecule has 1 N–H and O–H groups in total. The minimum absolute atomic E-state index is 0.0991. The average Bonchev–Trinajstić information content (AvgIpc) is 3.04. The number of rotatable bonds is 2. The molecule has 128 valence electrons. The summed E-state index contributed by atoms with van der Waals surface area (Å²) >= 11 is 0. The maximum Gasteiger partial charge on any atom is 0.221 e. The molecule has 0 saturated carbocycles. The van der Waals surface area contributed by atoms with Gasteiger partial charge in [0.1, 0.15) is 12.4 Å². The molecule has 4 rings (SSSR count). The van der Waals surface area contributed by atoms with Crippen LogP contribution in [0.25, 0.3) is 11.3 Å².